The maximum atomic E-state index is 13.8. The quantitative estimate of drug-likeness (QED) is 0.698. The molecule has 1 aliphatic heterocycles. The SMILES string of the molecule is CCOC(=O)c1ccc(S(=O)(=O)N2CCN(c3cccc(F)c3C#N)CC2)o1. The van der Waals surface area contributed by atoms with Gasteiger partial charge >= 0.3 is 5.97 Å². The van der Waals surface area contributed by atoms with Gasteiger partial charge in [0.15, 0.2) is 0 Å². The number of carbonyl (C=O) groups excluding carboxylic acids is 1. The molecule has 2 aromatic rings. The van der Waals surface area contributed by atoms with Crippen molar-refractivity contribution in [3.8, 4) is 6.07 Å². The van der Waals surface area contributed by atoms with E-state index in [-0.39, 0.29) is 49.2 Å². The van der Waals surface area contributed by atoms with Crippen LogP contribution in [0.25, 0.3) is 0 Å². The van der Waals surface area contributed by atoms with E-state index in [2.05, 4.69) is 0 Å². The van der Waals surface area contributed by atoms with E-state index in [1.54, 1.807) is 17.9 Å². The second-order valence-corrected chi connectivity index (χ2v) is 7.84. The first-order chi connectivity index (χ1) is 13.4. The number of anilines is 1. The van der Waals surface area contributed by atoms with Crippen LogP contribution >= 0.6 is 0 Å². The molecule has 1 aliphatic rings. The predicted octanol–water partition coefficient (Wildman–Crippen LogP) is 1.98. The zero-order valence-corrected chi connectivity index (χ0v) is 15.9. The number of furan rings is 1. The summed E-state index contributed by atoms with van der Waals surface area (Å²) in [6.45, 7) is 2.59. The number of sulfonamides is 1. The molecule has 0 spiro atoms. The minimum Gasteiger partial charge on any atom is -0.460 e. The predicted molar refractivity (Wildman–Crippen MR) is 96.8 cm³/mol. The van der Waals surface area contributed by atoms with E-state index in [1.165, 1.54) is 28.6 Å². The number of rotatable bonds is 5. The van der Waals surface area contributed by atoms with Crippen LogP contribution in [0, 0.1) is 17.1 Å². The highest BCUT2D eigenvalue weighted by molar-refractivity contribution is 7.89. The van der Waals surface area contributed by atoms with E-state index in [0.717, 1.165) is 0 Å². The fraction of sp³-hybridized carbons (Fsp3) is 0.333. The lowest BCUT2D eigenvalue weighted by molar-refractivity contribution is 0.0483. The molecule has 3 rings (SSSR count). The normalized spacial score (nSPS) is 15.2. The van der Waals surface area contributed by atoms with Crippen molar-refractivity contribution < 1.29 is 26.8 Å². The van der Waals surface area contributed by atoms with E-state index < -0.39 is 21.8 Å². The molecule has 1 saturated heterocycles. The second kappa shape index (κ2) is 8.00. The van der Waals surface area contributed by atoms with Crippen LogP contribution in [0.1, 0.15) is 23.0 Å². The van der Waals surface area contributed by atoms with Gasteiger partial charge in [0.2, 0.25) is 10.9 Å². The number of hydrogen-bond acceptors (Lipinski definition) is 7. The summed E-state index contributed by atoms with van der Waals surface area (Å²) in [5.41, 5.74) is 0.367. The average Bonchev–Trinajstić information content (AvgIpc) is 3.19. The Kier molecular flexibility index (Phi) is 5.67. The first kappa shape index (κ1) is 19.9. The van der Waals surface area contributed by atoms with E-state index in [9.17, 15) is 22.9 Å². The van der Waals surface area contributed by atoms with Crippen molar-refractivity contribution >= 4 is 21.7 Å². The molecular weight excluding hydrogens is 389 g/mol. The molecule has 0 bridgehead atoms. The van der Waals surface area contributed by atoms with Crippen molar-refractivity contribution in [2.45, 2.75) is 12.0 Å². The number of hydrogen-bond donors (Lipinski definition) is 0. The third-order valence-electron chi connectivity index (χ3n) is 4.33. The van der Waals surface area contributed by atoms with E-state index >= 15 is 0 Å². The molecule has 1 aromatic heterocycles. The first-order valence-electron chi connectivity index (χ1n) is 8.59. The van der Waals surface area contributed by atoms with E-state index in [0.29, 0.717) is 5.69 Å². The van der Waals surface area contributed by atoms with E-state index in [1.807, 2.05) is 6.07 Å². The molecule has 0 radical (unpaired) electrons. The van der Waals surface area contributed by atoms with Crippen molar-refractivity contribution in [3.63, 3.8) is 0 Å². The largest absolute Gasteiger partial charge is 0.460 e. The van der Waals surface area contributed by atoms with Gasteiger partial charge in [-0.3, -0.25) is 0 Å². The van der Waals surface area contributed by atoms with Crippen LogP contribution < -0.4 is 4.90 Å². The van der Waals surface area contributed by atoms with Crippen LogP contribution in [-0.2, 0) is 14.8 Å². The topological polar surface area (TPSA) is 104 Å². The van der Waals surface area contributed by atoms with Gasteiger partial charge in [-0.15, -0.1) is 0 Å². The van der Waals surface area contributed by atoms with E-state index in [4.69, 9.17) is 9.15 Å². The van der Waals surface area contributed by atoms with Crippen LogP contribution in [-0.4, -0.2) is 51.5 Å². The Morgan fingerprint density at radius 3 is 2.61 bits per heavy atom. The number of nitriles is 1. The number of halogens is 1. The fourth-order valence-electron chi connectivity index (χ4n) is 2.95. The molecule has 0 saturated carbocycles. The van der Waals surface area contributed by atoms with Crippen molar-refractivity contribution in [1.82, 2.24) is 4.31 Å². The van der Waals surface area contributed by atoms with Gasteiger partial charge in [-0.25, -0.2) is 17.6 Å². The van der Waals surface area contributed by atoms with Crippen molar-refractivity contribution in [2.24, 2.45) is 0 Å². The number of piperazine rings is 1. The zero-order chi connectivity index (χ0) is 20.3. The Bertz CT molecular complexity index is 1020. The molecular formula is C18H18FN3O5S. The second-order valence-electron chi connectivity index (χ2n) is 5.98. The van der Waals surface area contributed by atoms with Crippen LogP contribution in [0.15, 0.2) is 39.8 Å². The monoisotopic (exact) mass is 407 g/mol. The van der Waals surface area contributed by atoms with Crippen LogP contribution in [0.3, 0.4) is 0 Å². The summed E-state index contributed by atoms with van der Waals surface area (Å²) >= 11 is 0. The van der Waals surface area contributed by atoms with Gasteiger partial charge in [0.05, 0.1) is 12.3 Å². The van der Waals surface area contributed by atoms with Gasteiger partial charge < -0.3 is 14.1 Å². The lowest BCUT2D eigenvalue weighted by atomic mass is 10.1. The number of nitrogens with zero attached hydrogens (tertiary/aromatic N) is 3. The summed E-state index contributed by atoms with van der Waals surface area (Å²) in [6, 6.07) is 8.66. The molecule has 10 heteroatoms. The molecule has 0 atom stereocenters. The smallest absolute Gasteiger partial charge is 0.374 e. The highest BCUT2D eigenvalue weighted by Gasteiger charge is 2.32. The molecule has 1 fully saturated rings. The Morgan fingerprint density at radius 2 is 1.96 bits per heavy atom. The zero-order valence-electron chi connectivity index (χ0n) is 15.1. The number of benzene rings is 1. The summed E-state index contributed by atoms with van der Waals surface area (Å²) in [5.74, 6) is -1.53. The molecule has 1 aromatic carbocycles. The lowest BCUT2D eigenvalue weighted by Crippen LogP contribution is -2.48. The summed E-state index contributed by atoms with van der Waals surface area (Å²) in [4.78, 5) is 13.4. The Labute approximate surface area is 161 Å². The summed E-state index contributed by atoms with van der Waals surface area (Å²) in [6.07, 6.45) is 0. The molecule has 0 amide bonds. The highest BCUT2D eigenvalue weighted by atomic mass is 32.2. The maximum Gasteiger partial charge on any atom is 0.374 e. The van der Waals surface area contributed by atoms with Gasteiger partial charge in [0, 0.05) is 26.2 Å². The average molecular weight is 407 g/mol. The molecule has 8 nitrogen and oxygen atoms in total. The molecule has 0 aliphatic carbocycles. The summed E-state index contributed by atoms with van der Waals surface area (Å²) in [5, 5.41) is 8.83. The Balaban J connectivity index is 1.73. The molecule has 28 heavy (non-hydrogen) atoms. The highest BCUT2D eigenvalue weighted by Crippen LogP contribution is 2.26. The van der Waals surface area contributed by atoms with Gasteiger partial charge in [0.25, 0.3) is 10.0 Å². The number of esters is 1. The number of ether oxygens (including phenoxy) is 1. The molecule has 0 unspecified atom stereocenters. The van der Waals surface area contributed by atoms with Crippen molar-refractivity contribution in [1.29, 1.82) is 5.26 Å². The molecule has 148 valence electrons. The lowest BCUT2D eigenvalue weighted by Gasteiger charge is -2.35. The van der Waals surface area contributed by atoms with Gasteiger partial charge in [-0.2, -0.15) is 9.57 Å². The maximum absolute atomic E-state index is 13.8. The minimum absolute atomic E-state index is 0.0658. The summed E-state index contributed by atoms with van der Waals surface area (Å²) < 4.78 is 50.5. The van der Waals surface area contributed by atoms with Crippen LogP contribution in [0.5, 0.6) is 0 Å². The molecule has 0 N–H and O–H groups in total. The first-order valence-corrected chi connectivity index (χ1v) is 10.0. The Morgan fingerprint density at radius 1 is 1.25 bits per heavy atom. The van der Waals surface area contributed by atoms with Gasteiger partial charge in [-0.05, 0) is 31.2 Å². The third kappa shape index (κ3) is 3.72. The van der Waals surface area contributed by atoms with Crippen LogP contribution in [0.2, 0.25) is 0 Å². The van der Waals surface area contributed by atoms with Gasteiger partial charge in [-0.1, -0.05) is 6.07 Å². The standard InChI is InChI=1S/C18H18FN3O5S/c1-2-26-18(23)16-6-7-17(27-16)28(24,25)22-10-8-21(9-11-22)15-5-3-4-14(19)13(15)12-20/h3-7H,2,8-11H2,1H3. The molecule has 2 heterocycles. The van der Waals surface area contributed by atoms with Gasteiger partial charge in [0.1, 0.15) is 17.4 Å². The van der Waals surface area contributed by atoms with Crippen molar-refractivity contribution in [3.05, 3.63) is 47.5 Å². The van der Waals surface area contributed by atoms with Crippen molar-refractivity contribution in [2.75, 3.05) is 37.7 Å². The minimum atomic E-state index is -3.93. The van der Waals surface area contributed by atoms with Crippen LogP contribution in [0.4, 0.5) is 10.1 Å². The Hall–Kier alpha value is -2.90. The number of carbonyl (C=O) groups is 1. The summed E-state index contributed by atoms with van der Waals surface area (Å²) in [7, 11) is -3.93. The fourth-order valence-corrected chi connectivity index (χ4v) is 4.29. The third-order valence-corrected chi connectivity index (χ3v) is 6.11.